The number of rotatable bonds is 1. The minimum absolute atomic E-state index is 0.0208. The van der Waals surface area contributed by atoms with Gasteiger partial charge in [-0.2, -0.15) is 0 Å². The Kier molecular flexibility index (Phi) is 2.00. The fraction of sp³-hybridized carbons (Fsp3) is 0.100. The fourth-order valence-electron chi connectivity index (χ4n) is 1.59. The molecule has 0 N–H and O–H groups in total. The van der Waals surface area contributed by atoms with E-state index in [2.05, 4.69) is 0 Å². The van der Waals surface area contributed by atoms with Gasteiger partial charge in [-0.15, -0.1) is 0 Å². The van der Waals surface area contributed by atoms with Crippen molar-refractivity contribution in [3.8, 4) is 0 Å². The average molecular weight is 204 g/mol. The molecule has 0 radical (unpaired) electrons. The third kappa shape index (κ3) is 1.38. The summed E-state index contributed by atoms with van der Waals surface area (Å²) in [4.78, 5) is 21.4. The Bertz CT molecular complexity index is 557. The number of carbonyl (C=O) groups is 1. The number of hydrogen-bond donors (Lipinski definition) is 0. The number of fused-ring (bicyclic) bond motifs is 1. The van der Waals surface area contributed by atoms with Crippen molar-refractivity contribution in [2.45, 2.75) is 6.92 Å². The van der Waals surface area contributed by atoms with Crippen LogP contribution >= 0.6 is 0 Å². The molecule has 1 heterocycles. The molecule has 76 valence electrons. The molecule has 0 spiro atoms. The summed E-state index contributed by atoms with van der Waals surface area (Å²) in [6.07, 6.45) is 1.54. The molecule has 0 fully saturated rings. The van der Waals surface area contributed by atoms with Gasteiger partial charge in [0.1, 0.15) is 0 Å². The molecule has 1 aromatic heterocycles. The van der Waals surface area contributed by atoms with Gasteiger partial charge in [-0.3, -0.25) is 19.5 Å². The molecule has 0 aliphatic rings. The molecule has 0 bridgehead atoms. The van der Waals surface area contributed by atoms with Crippen molar-refractivity contribution in [2.24, 2.45) is 0 Å². The Balaban J connectivity index is 2.80. The number of benzene rings is 1. The van der Waals surface area contributed by atoms with Gasteiger partial charge in [-0.1, -0.05) is 6.07 Å². The third-order valence-corrected chi connectivity index (χ3v) is 2.25. The summed E-state index contributed by atoms with van der Waals surface area (Å²) in [7, 11) is 0. The van der Waals surface area contributed by atoms with E-state index in [4.69, 9.17) is 0 Å². The van der Waals surface area contributed by atoms with Gasteiger partial charge in [0.15, 0.2) is 0 Å². The van der Waals surface area contributed by atoms with Crippen LogP contribution in [0.3, 0.4) is 0 Å². The highest BCUT2D eigenvalue weighted by Gasteiger charge is 2.14. The number of aromatic nitrogens is 1. The number of carbonyl (C=O) groups excluding carboxylic acids is 1. The molecule has 0 aliphatic carbocycles. The lowest BCUT2D eigenvalue weighted by atomic mass is 10.2. The smallest absolute Gasteiger partial charge is 0.278 e. The van der Waals surface area contributed by atoms with Gasteiger partial charge in [-0.25, -0.2) is 0 Å². The van der Waals surface area contributed by atoms with Crippen LogP contribution < -0.4 is 0 Å². The lowest BCUT2D eigenvalue weighted by Gasteiger charge is -1.98. The van der Waals surface area contributed by atoms with Crippen molar-refractivity contribution in [3.63, 3.8) is 0 Å². The second kappa shape index (κ2) is 3.20. The zero-order valence-corrected chi connectivity index (χ0v) is 8.01. The molecule has 2 aromatic rings. The monoisotopic (exact) mass is 204 g/mol. The minimum Gasteiger partial charge on any atom is -0.287 e. The summed E-state index contributed by atoms with van der Waals surface area (Å²) in [5.41, 5.74) is 0.587. The first-order valence-electron chi connectivity index (χ1n) is 4.36. The van der Waals surface area contributed by atoms with E-state index >= 15 is 0 Å². The van der Waals surface area contributed by atoms with Crippen LogP contribution in [0.25, 0.3) is 10.9 Å². The maximum Gasteiger partial charge on any atom is 0.278 e. The van der Waals surface area contributed by atoms with Crippen LogP contribution in [-0.4, -0.2) is 15.4 Å². The molecule has 0 unspecified atom stereocenters. The van der Waals surface area contributed by atoms with Crippen LogP contribution in [-0.2, 0) is 0 Å². The summed E-state index contributed by atoms with van der Waals surface area (Å²) in [6.45, 7) is 1.41. The summed E-state index contributed by atoms with van der Waals surface area (Å²) in [5, 5.41) is 11.2. The normalized spacial score (nSPS) is 10.5. The molecule has 0 atom stereocenters. The van der Waals surface area contributed by atoms with Crippen LogP contribution in [0.2, 0.25) is 0 Å². The van der Waals surface area contributed by atoms with E-state index in [1.165, 1.54) is 17.6 Å². The van der Waals surface area contributed by atoms with Gasteiger partial charge < -0.3 is 0 Å². The molecule has 0 saturated carbocycles. The minimum atomic E-state index is -0.452. The van der Waals surface area contributed by atoms with E-state index < -0.39 is 4.92 Å². The van der Waals surface area contributed by atoms with Crippen LogP contribution in [0, 0.1) is 10.1 Å². The van der Waals surface area contributed by atoms with Crippen molar-refractivity contribution < 1.29 is 9.72 Å². The molecule has 0 saturated heterocycles. The molecule has 2 rings (SSSR count). The molecule has 15 heavy (non-hydrogen) atoms. The van der Waals surface area contributed by atoms with Crippen molar-refractivity contribution in [1.29, 1.82) is 0 Å². The molecule has 1 aromatic carbocycles. The van der Waals surface area contributed by atoms with E-state index in [9.17, 15) is 14.9 Å². The zero-order valence-electron chi connectivity index (χ0n) is 8.01. The molecule has 0 aliphatic heterocycles. The zero-order chi connectivity index (χ0) is 11.0. The van der Waals surface area contributed by atoms with Crippen molar-refractivity contribution >= 4 is 22.5 Å². The number of nitro groups is 1. The van der Waals surface area contributed by atoms with E-state index in [1.54, 1.807) is 24.4 Å². The Morgan fingerprint density at radius 3 is 2.73 bits per heavy atom. The van der Waals surface area contributed by atoms with Gasteiger partial charge in [0.2, 0.25) is 5.91 Å². The highest BCUT2D eigenvalue weighted by atomic mass is 16.6. The van der Waals surface area contributed by atoms with E-state index in [0.717, 1.165) is 0 Å². The van der Waals surface area contributed by atoms with Crippen LogP contribution in [0.15, 0.2) is 30.5 Å². The number of non-ortho nitro benzene ring substituents is 1. The average Bonchev–Trinajstić information content (AvgIpc) is 2.59. The summed E-state index contributed by atoms with van der Waals surface area (Å²) in [6, 6.07) is 6.26. The van der Waals surface area contributed by atoms with Gasteiger partial charge in [0, 0.05) is 19.2 Å². The molecular weight excluding hydrogens is 196 g/mol. The van der Waals surface area contributed by atoms with Crippen molar-refractivity contribution in [2.75, 3.05) is 0 Å². The first kappa shape index (κ1) is 9.39. The molecular formula is C10H8N2O3. The maximum absolute atomic E-state index is 11.2. The topological polar surface area (TPSA) is 65.1 Å². The predicted molar refractivity (Wildman–Crippen MR) is 54.9 cm³/mol. The summed E-state index contributed by atoms with van der Waals surface area (Å²) < 4.78 is 1.39. The first-order chi connectivity index (χ1) is 7.11. The lowest BCUT2D eigenvalue weighted by Crippen LogP contribution is -2.02. The predicted octanol–water partition coefficient (Wildman–Crippen LogP) is 2.21. The van der Waals surface area contributed by atoms with E-state index in [0.29, 0.717) is 10.9 Å². The van der Waals surface area contributed by atoms with Crippen LogP contribution in [0.1, 0.15) is 11.7 Å². The maximum atomic E-state index is 11.2. The Hall–Kier alpha value is -2.17. The SMILES string of the molecule is CC(=O)n1ccc2c([N+](=O)[O-])cccc21. The highest BCUT2D eigenvalue weighted by molar-refractivity contribution is 5.96. The molecule has 5 heteroatoms. The van der Waals surface area contributed by atoms with Gasteiger partial charge in [0.25, 0.3) is 5.69 Å². The third-order valence-electron chi connectivity index (χ3n) is 2.25. The van der Waals surface area contributed by atoms with Crippen molar-refractivity contribution in [3.05, 3.63) is 40.6 Å². The Morgan fingerprint density at radius 2 is 2.13 bits per heavy atom. The number of nitrogens with zero attached hydrogens (tertiary/aromatic N) is 2. The van der Waals surface area contributed by atoms with Crippen LogP contribution in [0.4, 0.5) is 5.69 Å². The van der Waals surface area contributed by atoms with Crippen LogP contribution in [0.5, 0.6) is 0 Å². The van der Waals surface area contributed by atoms with E-state index in [1.807, 2.05) is 0 Å². The standard InChI is InChI=1S/C10H8N2O3/c1-7(13)11-6-5-8-9(11)3-2-4-10(8)12(14)15/h2-6H,1H3. The van der Waals surface area contributed by atoms with Crippen molar-refractivity contribution in [1.82, 2.24) is 4.57 Å². The second-order valence-corrected chi connectivity index (χ2v) is 3.17. The van der Waals surface area contributed by atoms with Gasteiger partial charge >= 0.3 is 0 Å². The number of hydrogen-bond acceptors (Lipinski definition) is 3. The second-order valence-electron chi connectivity index (χ2n) is 3.17. The number of nitro benzene ring substituents is 1. The highest BCUT2D eigenvalue weighted by Crippen LogP contribution is 2.25. The Morgan fingerprint density at radius 1 is 1.40 bits per heavy atom. The molecule has 0 amide bonds. The quantitative estimate of drug-likeness (QED) is 0.528. The van der Waals surface area contributed by atoms with E-state index in [-0.39, 0.29) is 11.6 Å². The van der Waals surface area contributed by atoms with Gasteiger partial charge in [0.05, 0.1) is 15.8 Å². The Labute approximate surface area is 85.1 Å². The fourth-order valence-corrected chi connectivity index (χ4v) is 1.59. The summed E-state index contributed by atoms with van der Waals surface area (Å²) in [5.74, 6) is -0.162. The first-order valence-corrected chi connectivity index (χ1v) is 4.36. The molecule has 5 nitrogen and oxygen atoms in total. The summed E-state index contributed by atoms with van der Waals surface area (Å²) >= 11 is 0. The lowest BCUT2D eigenvalue weighted by molar-refractivity contribution is -0.383. The van der Waals surface area contributed by atoms with Gasteiger partial charge in [-0.05, 0) is 12.1 Å². The largest absolute Gasteiger partial charge is 0.287 e.